The van der Waals surface area contributed by atoms with Crippen molar-refractivity contribution in [3.63, 3.8) is 0 Å². The Morgan fingerprint density at radius 1 is 1.57 bits per heavy atom. The Bertz CT molecular complexity index is 312. The maximum absolute atomic E-state index is 4.43. The van der Waals surface area contributed by atoms with Crippen LogP contribution in [0.5, 0.6) is 0 Å². The molecule has 0 fully saturated rings. The van der Waals surface area contributed by atoms with Crippen molar-refractivity contribution in [2.24, 2.45) is 0 Å². The number of nitrogens with zero attached hydrogens (tertiary/aromatic N) is 2. The molecule has 0 aliphatic rings. The molecule has 0 saturated heterocycles. The van der Waals surface area contributed by atoms with Crippen LogP contribution in [0.1, 0.15) is 25.8 Å². The van der Waals surface area contributed by atoms with E-state index in [4.69, 9.17) is 0 Å². The fourth-order valence-corrected chi connectivity index (χ4v) is 2.01. The zero-order valence-electron chi connectivity index (χ0n) is 9.21. The molecule has 1 unspecified atom stereocenters. The normalized spacial score (nSPS) is 12.6. The van der Waals surface area contributed by atoms with E-state index in [1.54, 1.807) is 0 Å². The second-order valence-electron chi connectivity index (χ2n) is 3.69. The SMILES string of the molecule is CCC(C)N(C)c1ncc(C)cc1Br. The van der Waals surface area contributed by atoms with E-state index in [9.17, 15) is 0 Å². The van der Waals surface area contributed by atoms with Gasteiger partial charge in [0.2, 0.25) is 0 Å². The summed E-state index contributed by atoms with van der Waals surface area (Å²) in [6, 6.07) is 2.61. The number of aromatic nitrogens is 1. The van der Waals surface area contributed by atoms with Crippen LogP contribution in [-0.4, -0.2) is 18.1 Å². The summed E-state index contributed by atoms with van der Waals surface area (Å²) in [5.74, 6) is 1.02. The first-order valence-electron chi connectivity index (χ1n) is 4.91. The Morgan fingerprint density at radius 2 is 2.21 bits per heavy atom. The number of aryl methyl sites for hydroxylation is 1. The third kappa shape index (κ3) is 2.47. The molecule has 1 atom stereocenters. The molecule has 2 nitrogen and oxygen atoms in total. The molecule has 0 saturated carbocycles. The molecule has 0 amide bonds. The Balaban J connectivity index is 2.95. The summed E-state index contributed by atoms with van der Waals surface area (Å²) < 4.78 is 1.07. The lowest BCUT2D eigenvalue weighted by atomic mass is 10.2. The van der Waals surface area contributed by atoms with Gasteiger partial charge in [0, 0.05) is 19.3 Å². The van der Waals surface area contributed by atoms with E-state index in [1.807, 2.05) is 13.1 Å². The van der Waals surface area contributed by atoms with Gasteiger partial charge in [0.1, 0.15) is 5.82 Å². The molecule has 0 aliphatic carbocycles. The Labute approximate surface area is 94.5 Å². The average Bonchev–Trinajstić information content (AvgIpc) is 2.15. The first-order valence-corrected chi connectivity index (χ1v) is 5.70. The first kappa shape index (κ1) is 11.5. The minimum atomic E-state index is 0.515. The van der Waals surface area contributed by atoms with Crippen LogP contribution in [0.15, 0.2) is 16.7 Å². The van der Waals surface area contributed by atoms with Gasteiger partial charge in [0.15, 0.2) is 0 Å². The van der Waals surface area contributed by atoms with Gasteiger partial charge in [-0.25, -0.2) is 4.98 Å². The highest BCUT2D eigenvalue weighted by Gasteiger charge is 2.12. The summed E-state index contributed by atoms with van der Waals surface area (Å²) in [4.78, 5) is 6.62. The average molecular weight is 257 g/mol. The quantitative estimate of drug-likeness (QED) is 0.825. The maximum atomic E-state index is 4.43. The van der Waals surface area contributed by atoms with Crippen molar-refractivity contribution in [2.45, 2.75) is 33.2 Å². The Hall–Kier alpha value is -0.570. The van der Waals surface area contributed by atoms with E-state index in [-0.39, 0.29) is 0 Å². The van der Waals surface area contributed by atoms with Crippen molar-refractivity contribution in [3.05, 3.63) is 22.3 Å². The van der Waals surface area contributed by atoms with Crippen molar-refractivity contribution in [1.82, 2.24) is 4.98 Å². The molecule has 0 bridgehead atoms. The molecule has 0 spiro atoms. The minimum Gasteiger partial charge on any atom is -0.356 e. The third-order valence-corrected chi connectivity index (χ3v) is 3.13. The molecule has 0 aliphatic heterocycles. The molecule has 0 aromatic carbocycles. The predicted octanol–water partition coefficient (Wildman–Crippen LogP) is 3.39. The van der Waals surface area contributed by atoms with E-state index in [2.05, 4.69) is 52.8 Å². The molecule has 1 heterocycles. The summed E-state index contributed by atoms with van der Waals surface area (Å²) in [6.07, 6.45) is 3.03. The Kier molecular flexibility index (Phi) is 3.93. The molecular formula is C11H17BrN2. The molecular weight excluding hydrogens is 240 g/mol. The number of rotatable bonds is 3. The maximum Gasteiger partial charge on any atom is 0.142 e. The third-order valence-electron chi connectivity index (χ3n) is 2.54. The number of anilines is 1. The number of pyridine rings is 1. The molecule has 3 heteroatoms. The lowest BCUT2D eigenvalue weighted by molar-refractivity contribution is 0.655. The van der Waals surface area contributed by atoms with Crippen LogP contribution >= 0.6 is 15.9 Å². The van der Waals surface area contributed by atoms with Gasteiger partial charge in [-0.3, -0.25) is 0 Å². The molecule has 1 aromatic heterocycles. The van der Waals surface area contributed by atoms with Gasteiger partial charge in [-0.15, -0.1) is 0 Å². The minimum absolute atomic E-state index is 0.515. The molecule has 14 heavy (non-hydrogen) atoms. The standard InChI is InChI=1S/C11H17BrN2/c1-5-9(3)14(4)11-10(12)6-8(2)7-13-11/h6-7,9H,5H2,1-4H3. The van der Waals surface area contributed by atoms with Crippen LogP contribution in [0.3, 0.4) is 0 Å². The number of hydrogen-bond donors (Lipinski definition) is 0. The van der Waals surface area contributed by atoms with Crippen LogP contribution in [0, 0.1) is 6.92 Å². The lowest BCUT2D eigenvalue weighted by Gasteiger charge is -2.25. The first-order chi connectivity index (χ1) is 6.56. The van der Waals surface area contributed by atoms with E-state index >= 15 is 0 Å². The molecule has 1 aromatic rings. The van der Waals surface area contributed by atoms with Crippen molar-refractivity contribution in [1.29, 1.82) is 0 Å². The smallest absolute Gasteiger partial charge is 0.142 e. The zero-order chi connectivity index (χ0) is 10.7. The molecule has 0 radical (unpaired) electrons. The predicted molar refractivity (Wildman–Crippen MR) is 64.8 cm³/mol. The van der Waals surface area contributed by atoms with Crippen molar-refractivity contribution in [3.8, 4) is 0 Å². The van der Waals surface area contributed by atoms with Crippen LogP contribution < -0.4 is 4.90 Å². The summed E-state index contributed by atoms with van der Waals surface area (Å²) in [5, 5.41) is 0. The summed E-state index contributed by atoms with van der Waals surface area (Å²) in [5.41, 5.74) is 1.18. The largest absolute Gasteiger partial charge is 0.356 e. The monoisotopic (exact) mass is 256 g/mol. The van der Waals surface area contributed by atoms with Gasteiger partial charge in [-0.1, -0.05) is 6.92 Å². The summed E-state index contributed by atoms with van der Waals surface area (Å²) >= 11 is 3.54. The highest BCUT2D eigenvalue weighted by molar-refractivity contribution is 9.10. The van der Waals surface area contributed by atoms with Gasteiger partial charge < -0.3 is 4.90 Å². The Morgan fingerprint density at radius 3 is 2.71 bits per heavy atom. The fourth-order valence-electron chi connectivity index (χ4n) is 1.27. The van der Waals surface area contributed by atoms with Gasteiger partial charge in [0.25, 0.3) is 0 Å². The highest BCUT2D eigenvalue weighted by atomic mass is 79.9. The van der Waals surface area contributed by atoms with E-state index in [0.717, 1.165) is 16.7 Å². The molecule has 0 N–H and O–H groups in total. The van der Waals surface area contributed by atoms with Crippen molar-refractivity contribution >= 4 is 21.7 Å². The number of hydrogen-bond acceptors (Lipinski definition) is 2. The van der Waals surface area contributed by atoms with Crippen LogP contribution in [0.2, 0.25) is 0 Å². The molecule has 78 valence electrons. The van der Waals surface area contributed by atoms with Gasteiger partial charge in [-0.2, -0.15) is 0 Å². The van der Waals surface area contributed by atoms with Crippen LogP contribution in [-0.2, 0) is 0 Å². The van der Waals surface area contributed by atoms with E-state index < -0.39 is 0 Å². The van der Waals surface area contributed by atoms with E-state index in [0.29, 0.717) is 6.04 Å². The van der Waals surface area contributed by atoms with Gasteiger partial charge >= 0.3 is 0 Å². The van der Waals surface area contributed by atoms with Crippen molar-refractivity contribution in [2.75, 3.05) is 11.9 Å². The number of halogens is 1. The highest BCUT2D eigenvalue weighted by Crippen LogP contribution is 2.25. The molecule has 1 rings (SSSR count). The van der Waals surface area contributed by atoms with Gasteiger partial charge in [0.05, 0.1) is 4.47 Å². The van der Waals surface area contributed by atoms with E-state index in [1.165, 1.54) is 5.56 Å². The summed E-state index contributed by atoms with van der Waals surface area (Å²) in [6.45, 7) is 6.43. The van der Waals surface area contributed by atoms with Gasteiger partial charge in [-0.05, 0) is 47.8 Å². The topological polar surface area (TPSA) is 16.1 Å². The van der Waals surface area contributed by atoms with Crippen LogP contribution in [0.4, 0.5) is 5.82 Å². The second kappa shape index (κ2) is 4.78. The van der Waals surface area contributed by atoms with Crippen molar-refractivity contribution < 1.29 is 0 Å². The second-order valence-corrected chi connectivity index (χ2v) is 4.54. The summed E-state index contributed by atoms with van der Waals surface area (Å²) in [7, 11) is 2.08. The van der Waals surface area contributed by atoms with Crippen LogP contribution in [0.25, 0.3) is 0 Å². The fraction of sp³-hybridized carbons (Fsp3) is 0.545. The lowest BCUT2D eigenvalue weighted by Crippen LogP contribution is -2.29. The zero-order valence-corrected chi connectivity index (χ0v) is 10.8.